The zero-order valence-corrected chi connectivity index (χ0v) is 15.0. The largest absolute Gasteiger partial charge is 0.456 e. The summed E-state index contributed by atoms with van der Waals surface area (Å²) in [7, 11) is 1.47. The van der Waals surface area contributed by atoms with Gasteiger partial charge in [0.2, 0.25) is 5.78 Å². The van der Waals surface area contributed by atoms with Crippen LogP contribution in [0.4, 0.5) is 4.79 Å². The molecule has 3 amide bonds. The average Bonchev–Trinajstić information content (AvgIpc) is 2.97. The van der Waals surface area contributed by atoms with Gasteiger partial charge in [0.25, 0.3) is 5.91 Å². The molecular weight excluding hydrogens is 326 g/mol. The second kappa shape index (κ2) is 7.50. The summed E-state index contributed by atoms with van der Waals surface area (Å²) in [4.78, 5) is 49.5. The molecule has 1 aromatic heterocycles. The van der Waals surface area contributed by atoms with E-state index >= 15 is 0 Å². The molecule has 8 nitrogen and oxygen atoms in total. The van der Waals surface area contributed by atoms with Crippen LogP contribution >= 0.6 is 0 Å². The number of ether oxygens (including phenoxy) is 1. The number of Topliss-reactive ketones (excluding diaryl/α,β-unsaturated/α-hetero) is 1. The Morgan fingerprint density at radius 3 is 2.48 bits per heavy atom. The maximum absolute atomic E-state index is 12.3. The number of amides is 3. The zero-order valence-electron chi connectivity index (χ0n) is 15.0. The highest BCUT2D eigenvalue weighted by Crippen LogP contribution is 2.16. The minimum absolute atomic E-state index is 0.0611. The fourth-order valence-corrected chi connectivity index (χ4v) is 2.87. The molecule has 0 aromatic carbocycles. The first-order chi connectivity index (χ1) is 11.8. The van der Waals surface area contributed by atoms with Gasteiger partial charge in [-0.05, 0) is 26.3 Å². The van der Waals surface area contributed by atoms with Crippen LogP contribution in [0.3, 0.4) is 0 Å². The lowest BCUT2D eigenvalue weighted by Gasteiger charge is -2.13. The van der Waals surface area contributed by atoms with Crippen molar-refractivity contribution in [3.8, 4) is 0 Å². The normalized spacial score (nSPS) is 14.4. The molecule has 1 saturated heterocycles. The van der Waals surface area contributed by atoms with Crippen LogP contribution in [0.1, 0.15) is 35.1 Å². The predicted octanol–water partition coefficient (Wildman–Crippen LogP) is 1.13. The van der Waals surface area contributed by atoms with Crippen molar-refractivity contribution in [2.24, 2.45) is 0 Å². The number of esters is 1. The third kappa shape index (κ3) is 3.89. The van der Waals surface area contributed by atoms with Gasteiger partial charge in [0.1, 0.15) is 13.1 Å². The van der Waals surface area contributed by atoms with Gasteiger partial charge >= 0.3 is 12.0 Å². The van der Waals surface area contributed by atoms with Crippen molar-refractivity contribution >= 4 is 23.7 Å². The number of likely N-dealkylation sites (N-methyl/N-ethyl adjacent to an activating group) is 1. The number of carbonyl (C=O) groups is 4. The van der Waals surface area contributed by atoms with Crippen molar-refractivity contribution < 1.29 is 23.9 Å². The Bertz CT molecular complexity index is 722. The second-order valence-corrected chi connectivity index (χ2v) is 6.14. The summed E-state index contributed by atoms with van der Waals surface area (Å²) < 4.78 is 7.00. The van der Waals surface area contributed by atoms with Crippen LogP contribution in [0, 0.1) is 13.8 Å². The van der Waals surface area contributed by atoms with E-state index in [0.29, 0.717) is 5.56 Å². The highest BCUT2D eigenvalue weighted by Gasteiger charge is 2.35. The lowest BCUT2D eigenvalue weighted by atomic mass is 10.1. The van der Waals surface area contributed by atoms with Gasteiger partial charge in [0.05, 0.1) is 0 Å². The molecule has 2 heterocycles. The summed E-state index contributed by atoms with van der Waals surface area (Å²) in [6.45, 7) is 5.69. The maximum Gasteiger partial charge on any atom is 0.327 e. The van der Waals surface area contributed by atoms with E-state index in [-0.39, 0.29) is 12.3 Å². The average molecular weight is 349 g/mol. The van der Waals surface area contributed by atoms with Crippen molar-refractivity contribution in [1.29, 1.82) is 0 Å². The van der Waals surface area contributed by atoms with E-state index in [0.717, 1.165) is 29.3 Å². The van der Waals surface area contributed by atoms with Crippen molar-refractivity contribution in [2.75, 3.05) is 26.7 Å². The predicted molar refractivity (Wildman–Crippen MR) is 89.2 cm³/mol. The van der Waals surface area contributed by atoms with Crippen molar-refractivity contribution in [3.05, 3.63) is 23.0 Å². The molecule has 136 valence electrons. The van der Waals surface area contributed by atoms with Gasteiger partial charge in [-0.15, -0.1) is 0 Å². The molecule has 8 heteroatoms. The maximum atomic E-state index is 12.3. The second-order valence-electron chi connectivity index (χ2n) is 6.14. The van der Waals surface area contributed by atoms with E-state index in [1.807, 2.05) is 18.4 Å². The van der Waals surface area contributed by atoms with E-state index in [9.17, 15) is 19.2 Å². The van der Waals surface area contributed by atoms with Crippen LogP contribution in [0.5, 0.6) is 0 Å². The van der Waals surface area contributed by atoms with Crippen molar-refractivity contribution in [1.82, 2.24) is 14.4 Å². The standard InChI is InChI=1S/C17H23N3O5/c1-5-6-19-11(2)7-13(12(19)3)14(21)10-25-16(23)9-20-15(22)8-18(4)17(20)24/h7H,5-6,8-10H2,1-4H3. The molecule has 0 saturated carbocycles. The Hall–Kier alpha value is -2.64. The Kier molecular flexibility index (Phi) is 5.61. The Labute approximate surface area is 146 Å². The third-order valence-corrected chi connectivity index (χ3v) is 4.20. The molecule has 0 N–H and O–H groups in total. The number of aryl methyl sites for hydroxylation is 1. The molecule has 0 aliphatic carbocycles. The molecule has 0 unspecified atom stereocenters. The van der Waals surface area contributed by atoms with E-state index in [1.54, 1.807) is 6.07 Å². The summed E-state index contributed by atoms with van der Waals surface area (Å²) >= 11 is 0. The van der Waals surface area contributed by atoms with Gasteiger partial charge in [0.15, 0.2) is 6.61 Å². The van der Waals surface area contributed by atoms with Crippen LogP contribution in [0.25, 0.3) is 0 Å². The summed E-state index contributed by atoms with van der Waals surface area (Å²) in [5.74, 6) is -1.55. The van der Waals surface area contributed by atoms with E-state index in [2.05, 4.69) is 6.92 Å². The van der Waals surface area contributed by atoms with Crippen LogP contribution < -0.4 is 0 Å². The molecule has 2 rings (SSSR count). The molecule has 0 radical (unpaired) electrons. The summed E-state index contributed by atoms with van der Waals surface area (Å²) in [6, 6.07) is 1.24. The van der Waals surface area contributed by atoms with E-state index in [4.69, 9.17) is 4.74 Å². The van der Waals surface area contributed by atoms with Gasteiger partial charge in [0, 0.05) is 30.5 Å². The third-order valence-electron chi connectivity index (χ3n) is 4.20. The quantitative estimate of drug-likeness (QED) is 0.418. The lowest BCUT2D eigenvalue weighted by Crippen LogP contribution is -2.37. The lowest BCUT2D eigenvalue weighted by molar-refractivity contribution is -0.145. The monoisotopic (exact) mass is 349 g/mol. The smallest absolute Gasteiger partial charge is 0.327 e. The van der Waals surface area contributed by atoms with Crippen molar-refractivity contribution in [2.45, 2.75) is 33.7 Å². The number of nitrogens with zero attached hydrogens (tertiary/aromatic N) is 3. The highest BCUT2D eigenvalue weighted by atomic mass is 16.5. The summed E-state index contributed by atoms with van der Waals surface area (Å²) in [5, 5.41) is 0. The summed E-state index contributed by atoms with van der Waals surface area (Å²) in [6.07, 6.45) is 0.950. The Morgan fingerprint density at radius 2 is 1.92 bits per heavy atom. The number of rotatable bonds is 7. The number of aromatic nitrogens is 1. The molecule has 1 aliphatic heterocycles. The number of ketones is 1. The SMILES string of the molecule is CCCn1c(C)cc(C(=O)COC(=O)CN2C(=O)CN(C)C2=O)c1C. The molecular formula is C17H23N3O5. The number of hydrogen-bond acceptors (Lipinski definition) is 5. The Morgan fingerprint density at radius 1 is 1.24 bits per heavy atom. The minimum atomic E-state index is -0.785. The molecule has 0 spiro atoms. The van der Waals surface area contributed by atoms with Crippen molar-refractivity contribution in [3.63, 3.8) is 0 Å². The number of carbonyl (C=O) groups excluding carboxylic acids is 4. The van der Waals surface area contributed by atoms with Gasteiger partial charge in [-0.1, -0.05) is 6.92 Å². The first-order valence-corrected chi connectivity index (χ1v) is 8.17. The molecule has 1 aromatic rings. The van der Waals surface area contributed by atoms with Crippen LogP contribution in [0.2, 0.25) is 0 Å². The molecule has 0 atom stereocenters. The van der Waals surface area contributed by atoms with E-state index in [1.165, 1.54) is 11.9 Å². The van der Waals surface area contributed by atoms with Gasteiger partial charge < -0.3 is 14.2 Å². The number of urea groups is 1. The molecule has 1 aliphatic rings. The highest BCUT2D eigenvalue weighted by molar-refractivity contribution is 6.04. The first kappa shape index (κ1) is 18.7. The Balaban J connectivity index is 1.94. The topological polar surface area (TPSA) is 88.9 Å². The molecule has 0 bridgehead atoms. The van der Waals surface area contributed by atoms with Gasteiger partial charge in [-0.3, -0.25) is 19.3 Å². The fraction of sp³-hybridized carbons (Fsp3) is 0.529. The summed E-state index contributed by atoms with van der Waals surface area (Å²) in [5.41, 5.74) is 2.34. The first-order valence-electron chi connectivity index (χ1n) is 8.17. The van der Waals surface area contributed by atoms with Gasteiger partial charge in [-0.2, -0.15) is 0 Å². The minimum Gasteiger partial charge on any atom is -0.456 e. The molecule has 1 fully saturated rings. The number of imide groups is 1. The van der Waals surface area contributed by atoms with Crippen LogP contribution in [0.15, 0.2) is 6.07 Å². The van der Waals surface area contributed by atoms with Crippen LogP contribution in [-0.2, 0) is 20.9 Å². The molecule has 25 heavy (non-hydrogen) atoms. The van der Waals surface area contributed by atoms with Crippen LogP contribution in [-0.4, -0.2) is 64.8 Å². The van der Waals surface area contributed by atoms with E-state index < -0.39 is 31.1 Å². The van der Waals surface area contributed by atoms with Gasteiger partial charge in [-0.25, -0.2) is 4.79 Å². The zero-order chi connectivity index (χ0) is 18.7. The number of hydrogen-bond donors (Lipinski definition) is 0. The fourth-order valence-electron chi connectivity index (χ4n) is 2.87.